The highest BCUT2D eigenvalue weighted by Crippen LogP contribution is 2.32. The molecular formula is C14H18N2OS. The van der Waals surface area contributed by atoms with Crippen LogP contribution in [0.5, 0.6) is 0 Å². The summed E-state index contributed by atoms with van der Waals surface area (Å²) in [4.78, 5) is 4.61. The standard InChI is InChI=1S/C14H18N2OS/c17-9-12-14(18-10-11-5-1-2-6-11)15-13-7-3-4-8-16(12)13/h3-4,7-8,11,17H,1-2,5-6,9-10H2. The molecule has 0 atom stereocenters. The maximum atomic E-state index is 9.52. The maximum Gasteiger partial charge on any atom is 0.138 e. The Morgan fingerprint density at radius 1 is 1.33 bits per heavy atom. The quantitative estimate of drug-likeness (QED) is 0.860. The first-order valence-corrected chi connectivity index (χ1v) is 7.56. The lowest BCUT2D eigenvalue weighted by molar-refractivity contribution is 0.272. The molecular weight excluding hydrogens is 244 g/mol. The molecule has 0 radical (unpaired) electrons. The Kier molecular flexibility index (Phi) is 3.57. The van der Waals surface area contributed by atoms with Crippen LogP contribution in [0.15, 0.2) is 29.4 Å². The molecule has 0 bridgehead atoms. The van der Waals surface area contributed by atoms with Crippen molar-refractivity contribution in [2.45, 2.75) is 37.3 Å². The van der Waals surface area contributed by atoms with Crippen LogP contribution in [0.4, 0.5) is 0 Å². The van der Waals surface area contributed by atoms with Gasteiger partial charge in [-0.05, 0) is 30.9 Å². The molecule has 2 heterocycles. The van der Waals surface area contributed by atoms with E-state index in [0.717, 1.165) is 28.0 Å². The summed E-state index contributed by atoms with van der Waals surface area (Å²) in [5, 5.41) is 10.5. The summed E-state index contributed by atoms with van der Waals surface area (Å²) in [5.41, 5.74) is 1.85. The van der Waals surface area contributed by atoms with Gasteiger partial charge >= 0.3 is 0 Å². The number of aromatic nitrogens is 2. The topological polar surface area (TPSA) is 37.5 Å². The summed E-state index contributed by atoms with van der Waals surface area (Å²) in [6, 6.07) is 5.94. The monoisotopic (exact) mass is 262 g/mol. The van der Waals surface area contributed by atoms with E-state index in [1.807, 2.05) is 28.8 Å². The maximum absolute atomic E-state index is 9.52. The van der Waals surface area contributed by atoms with Gasteiger partial charge in [0.15, 0.2) is 0 Å². The lowest BCUT2D eigenvalue weighted by Gasteiger charge is -2.07. The van der Waals surface area contributed by atoms with Gasteiger partial charge in [0, 0.05) is 11.9 Å². The summed E-state index contributed by atoms with van der Waals surface area (Å²) < 4.78 is 1.98. The number of hydrogen-bond acceptors (Lipinski definition) is 3. The zero-order chi connectivity index (χ0) is 12.4. The smallest absolute Gasteiger partial charge is 0.138 e. The summed E-state index contributed by atoms with van der Waals surface area (Å²) in [6.45, 7) is 0.0537. The third-order valence-corrected chi connectivity index (χ3v) is 4.91. The second-order valence-corrected chi connectivity index (χ2v) is 5.92. The third kappa shape index (κ3) is 2.27. The second kappa shape index (κ2) is 5.33. The second-order valence-electron chi connectivity index (χ2n) is 4.91. The third-order valence-electron chi connectivity index (χ3n) is 3.67. The number of aliphatic hydroxyl groups is 1. The van der Waals surface area contributed by atoms with Gasteiger partial charge < -0.3 is 9.51 Å². The summed E-state index contributed by atoms with van der Waals surface area (Å²) in [6.07, 6.45) is 7.43. The molecule has 18 heavy (non-hydrogen) atoms. The predicted molar refractivity (Wildman–Crippen MR) is 73.8 cm³/mol. The fourth-order valence-electron chi connectivity index (χ4n) is 2.66. The van der Waals surface area contributed by atoms with Gasteiger partial charge in [0.1, 0.15) is 10.7 Å². The van der Waals surface area contributed by atoms with Crippen molar-refractivity contribution in [2.24, 2.45) is 5.92 Å². The summed E-state index contributed by atoms with van der Waals surface area (Å²) in [5.74, 6) is 1.98. The Morgan fingerprint density at radius 2 is 2.17 bits per heavy atom. The van der Waals surface area contributed by atoms with Gasteiger partial charge in [-0.25, -0.2) is 4.98 Å². The van der Waals surface area contributed by atoms with Crippen LogP contribution in [-0.2, 0) is 6.61 Å². The van der Waals surface area contributed by atoms with Gasteiger partial charge in [-0.3, -0.25) is 0 Å². The van der Waals surface area contributed by atoms with E-state index in [2.05, 4.69) is 4.98 Å². The van der Waals surface area contributed by atoms with Gasteiger partial charge in [-0.15, -0.1) is 11.8 Å². The van der Waals surface area contributed by atoms with Gasteiger partial charge in [0.2, 0.25) is 0 Å². The highest BCUT2D eigenvalue weighted by atomic mass is 32.2. The number of thioether (sulfide) groups is 1. The number of pyridine rings is 1. The zero-order valence-corrected chi connectivity index (χ0v) is 11.2. The van der Waals surface area contributed by atoms with Crippen molar-refractivity contribution < 1.29 is 5.11 Å². The van der Waals surface area contributed by atoms with E-state index in [0.29, 0.717) is 0 Å². The van der Waals surface area contributed by atoms with Gasteiger partial charge in [0.25, 0.3) is 0 Å². The van der Waals surface area contributed by atoms with Crippen LogP contribution in [0.2, 0.25) is 0 Å². The minimum absolute atomic E-state index is 0.0537. The molecule has 2 aromatic rings. The Labute approximate surface area is 111 Å². The van der Waals surface area contributed by atoms with Crippen LogP contribution in [0.1, 0.15) is 31.4 Å². The molecule has 96 valence electrons. The number of hydrogen-bond donors (Lipinski definition) is 1. The first-order valence-electron chi connectivity index (χ1n) is 6.58. The lowest BCUT2D eigenvalue weighted by atomic mass is 10.1. The Hall–Kier alpha value is -1.00. The van der Waals surface area contributed by atoms with Crippen LogP contribution < -0.4 is 0 Å². The van der Waals surface area contributed by atoms with Crippen LogP contribution in [-0.4, -0.2) is 20.2 Å². The number of aliphatic hydroxyl groups excluding tert-OH is 1. The highest BCUT2D eigenvalue weighted by molar-refractivity contribution is 7.99. The fraction of sp³-hybridized carbons (Fsp3) is 0.500. The van der Waals surface area contributed by atoms with Gasteiger partial charge in [-0.1, -0.05) is 18.9 Å². The Morgan fingerprint density at radius 3 is 2.94 bits per heavy atom. The van der Waals surface area contributed by atoms with Crippen molar-refractivity contribution in [3.63, 3.8) is 0 Å². The number of nitrogens with zero attached hydrogens (tertiary/aromatic N) is 2. The Bertz CT molecular complexity index is 532. The van der Waals surface area contributed by atoms with Crippen molar-refractivity contribution in [1.29, 1.82) is 0 Å². The SMILES string of the molecule is OCc1c(SCC2CCCC2)nc2ccccn12. The van der Waals surface area contributed by atoms with E-state index in [-0.39, 0.29) is 6.61 Å². The van der Waals surface area contributed by atoms with E-state index in [9.17, 15) is 5.11 Å². The normalized spacial score (nSPS) is 16.7. The molecule has 0 saturated heterocycles. The molecule has 1 fully saturated rings. The van der Waals surface area contributed by atoms with Crippen molar-refractivity contribution in [3.05, 3.63) is 30.1 Å². The van der Waals surface area contributed by atoms with E-state index >= 15 is 0 Å². The molecule has 1 aliphatic rings. The molecule has 1 N–H and O–H groups in total. The van der Waals surface area contributed by atoms with E-state index < -0.39 is 0 Å². The molecule has 4 heteroatoms. The van der Waals surface area contributed by atoms with Crippen molar-refractivity contribution in [2.75, 3.05) is 5.75 Å². The Balaban J connectivity index is 1.81. The van der Waals surface area contributed by atoms with Gasteiger partial charge in [0.05, 0.1) is 12.3 Å². The molecule has 1 saturated carbocycles. The molecule has 0 aliphatic heterocycles. The van der Waals surface area contributed by atoms with Crippen LogP contribution >= 0.6 is 11.8 Å². The first-order chi connectivity index (χ1) is 8.88. The molecule has 0 aromatic carbocycles. The molecule has 1 aliphatic carbocycles. The predicted octanol–water partition coefficient (Wildman–Crippen LogP) is 3.11. The first kappa shape index (κ1) is 12.1. The van der Waals surface area contributed by atoms with Crippen LogP contribution in [0.25, 0.3) is 5.65 Å². The molecule has 0 unspecified atom stereocenters. The molecule has 0 spiro atoms. The lowest BCUT2D eigenvalue weighted by Crippen LogP contribution is -1.98. The summed E-state index contributed by atoms with van der Waals surface area (Å²) >= 11 is 1.80. The molecule has 3 nitrogen and oxygen atoms in total. The molecule has 2 aromatic heterocycles. The van der Waals surface area contributed by atoms with Crippen LogP contribution in [0, 0.1) is 5.92 Å². The van der Waals surface area contributed by atoms with Crippen molar-refractivity contribution in [1.82, 2.24) is 9.38 Å². The fourth-order valence-corrected chi connectivity index (χ4v) is 3.87. The highest BCUT2D eigenvalue weighted by Gasteiger charge is 2.17. The largest absolute Gasteiger partial charge is 0.390 e. The van der Waals surface area contributed by atoms with Gasteiger partial charge in [-0.2, -0.15) is 0 Å². The van der Waals surface area contributed by atoms with Crippen LogP contribution in [0.3, 0.4) is 0 Å². The molecule has 0 amide bonds. The van der Waals surface area contributed by atoms with Crippen molar-refractivity contribution in [3.8, 4) is 0 Å². The van der Waals surface area contributed by atoms with E-state index in [1.54, 1.807) is 11.8 Å². The minimum Gasteiger partial charge on any atom is -0.390 e. The summed E-state index contributed by atoms with van der Waals surface area (Å²) in [7, 11) is 0. The van der Waals surface area contributed by atoms with E-state index in [4.69, 9.17) is 0 Å². The number of fused-ring (bicyclic) bond motifs is 1. The average molecular weight is 262 g/mol. The van der Waals surface area contributed by atoms with E-state index in [1.165, 1.54) is 25.7 Å². The zero-order valence-electron chi connectivity index (χ0n) is 10.4. The average Bonchev–Trinajstić information content (AvgIpc) is 3.03. The molecule has 3 rings (SSSR count). The number of rotatable bonds is 4. The van der Waals surface area contributed by atoms with Crippen molar-refractivity contribution >= 4 is 17.4 Å². The number of imidazole rings is 1. The minimum atomic E-state index is 0.0537.